The Labute approximate surface area is 92.9 Å². The van der Waals surface area contributed by atoms with Crippen LogP contribution >= 0.6 is 0 Å². The first-order valence-corrected chi connectivity index (χ1v) is 5.20. The number of nitrogens with one attached hydrogen (secondary N) is 1. The van der Waals surface area contributed by atoms with E-state index in [-0.39, 0.29) is 6.04 Å². The zero-order chi connectivity index (χ0) is 11.4. The third kappa shape index (κ3) is 2.87. The lowest BCUT2D eigenvalue weighted by atomic mass is 10.1. The van der Waals surface area contributed by atoms with Crippen molar-refractivity contribution in [1.29, 1.82) is 0 Å². The molecule has 2 rings (SSSR count). The van der Waals surface area contributed by atoms with Gasteiger partial charge < -0.3 is 10.1 Å². The molecule has 2 nitrogen and oxygen atoms in total. The van der Waals surface area contributed by atoms with Gasteiger partial charge in [0.1, 0.15) is 0 Å². The van der Waals surface area contributed by atoms with Gasteiger partial charge in [0.05, 0.1) is 13.2 Å². The molecule has 0 spiro atoms. The van der Waals surface area contributed by atoms with Gasteiger partial charge in [-0.1, -0.05) is 18.2 Å². The molecule has 16 heavy (non-hydrogen) atoms. The Balaban J connectivity index is 2.02. The molecule has 1 aromatic carbocycles. The van der Waals surface area contributed by atoms with E-state index < -0.39 is 11.6 Å². The molecule has 86 valence electrons. The molecule has 1 aromatic rings. The van der Waals surface area contributed by atoms with Crippen molar-refractivity contribution in [1.82, 2.24) is 5.32 Å². The molecule has 1 heterocycles. The number of morpholine rings is 1. The molecular weight excluding hydrogens is 212 g/mol. The molecule has 0 radical (unpaired) electrons. The van der Waals surface area contributed by atoms with Gasteiger partial charge >= 0.3 is 0 Å². The van der Waals surface area contributed by atoms with Crippen LogP contribution in [0, 0.1) is 11.6 Å². The van der Waals surface area contributed by atoms with Crippen LogP contribution in [0.5, 0.6) is 0 Å². The average molecular weight is 225 g/mol. The summed E-state index contributed by atoms with van der Waals surface area (Å²) in [6.07, 6.45) is 3.65. The summed E-state index contributed by atoms with van der Waals surface area (Å²) >= 11 is 0. The zero-order valence-corrected chi connectivity index (χ0v) is 8.75. The highest BCUT2D eigenvalue weighted by molar-refractivity contribution is 5.50. The maximum absolute atomic E-state index is 12.9. The molecule has 1 unspecified atom stereocenters. The SMILES string of the molecule is Fc1ccc(/C=C/C2COCCN2)cc1F. The van der Waals surface area contributed by atoms with Crippen LogP contribution in [0.15, 0.2) is 24.3 Å². The van der Waals surface area contributed by atoms with Crippen LogP contribution in [0.1, 0.15) is 5.56 Å². The maximum atomic E-state index is 12.9. The van der Waals surface area contributed by atoms with E-state index in [1.54, 1.807) is 12.1 Å². The number of halogens is 2. The lowest BCUT2D eigenvalue weighted by molar-refractivity contribution is 0.0903. The highest BCUT2D eigenvalue weighted by Gasteiger charge is 2.08. The second-order valence-electron chi connectivity index (χ2n) is 3.67. The molecule has 0 aliphatic carbocycles. The molecule has 0 saturated carbocycles. The van der Waals surface area contributed by atoms with Gasteiger partial charge in [-0.3, -0.25) is 0 Å². The van der Waals surface area contributed by atoms with Crippen LogP contribution < -0.4 is 5.32 Å². The van der Waals surface area contributed by atoms with Crippen LogP contribution in [0.4, 0.5) is 8.78 Å². The quantitative estimate of drug-likeness (QED) is 0.830. The summed E-state index contributed by atoms with van der Waals surface area (Å²) < 4.78 is 30.8. The van der Waals surface area contributed by atoms with Crippen molar-refractivity contribution in [2.75, 3.05) is 19.8 Å². The van der Waals surface area contributed by atoms with Crippen LogP contribution in [-0.2, 0) is 4.74 Å². The highest BCUT2D eigenvalue weighted by atomic mass is 19.2. The minimum Gasteiger partial charge on any atom is -0.378 e. The Morgan fingerprint density at radius 2 is 2.19 bits per heavy atom. The average Bonchev–Trinajstić information content (AvgIpc) is 2.32. The molecule has 1 fully saturated rings. The summed E-state index contributed by atoms with van der Waals surface area (Å²) in [4.78, 5) is 0. The Morgan fingerprint density at radius 3 is 2.88 bits per heavy atom. The predicted molar refractivity (Wildman–Crippen MR) is 58.0 cm³/mol. The molecule has 0 bridgehead atoms. The van der Waals surface area contributed by atoms with Crippen LogP contribution in [0.25, 0.3) is 6.08 Å². The standard InChI is InChI=1S/C12H13F2NO/c13-11-4-2-9(7-12(11)14)1-3-10-8-16-6-5-15-10/h1-4,7,10,15H,5-6,8H2/b3-1+. The minimum atomic E-state index is -0.824. The van der Waals surface area contributed by atoms with Gasteiger partial charge in [-0.2, -0.15) is 0 Å². The van der Waals surface area contributed by atoms with Gasteiger partial charge in [0.25, 0.3) is 0 Å². The molecule has 0 aromatic heterocycles. The molecule has 1 saturated heterocycles. The Kier molecular flexibility index (Phi) is 3.64. The number of rotatable bonds is 2. The smallest absolute Gasteiger partial charge is 0.159 e. The van der Waals surface area contributed by atoms with Gasteiger partial charge in [-0.05, 0) is 17.7 Å². The number of hydrogen-bond donors (Lipinski definition) is 1. The first-order valence-electron chi connectivity index (χ1n) is 5.20. The predicted octanol–water partition coefficient (Wildman–Crippen LogP) is 1.97. The number of benzene rings is 1. The fraction of sp³-hybridized carbons (Fsp3) is 0.333. The largest absolute Gasteiger partial charge is 0.378 e. The van der Waals surface area contributed by atoms with Gasteiger partial charge in [0.2, 0.25) is 0 Å². The zero-order valence-electron chi connectivity index (χ0n) is 8.75. The molecule has 1 N–H and O–H groups in total. The van der Waals surface area contributed by atoms with Gasteiger partial charge in [0.15, 0.2) is 11.6 Å². The van der Waals surface area contributed by atoms with Crippen molar-refractivity contribution >= 4 is 6.08 Å². The molecular formula is C12H13F2NO. The molecule has 1 aliphatic heterocycles. The summed E-state index contributed by atoms with van der Waals surface area (Å²) in [5, 5.41) is 3.24. The molecule has 1 atom stereocenters. The van der Waals surface area contributed by atoms with E-state index in [4.69, 9.17) is 4.74 Å². The second kappa shape index (κ2) is 5.18. The third-order valence-corrected chi connectivity index (χ3v) is 2.41. The van der Waals surface area contributed by atoms with Crippen molar-refractivity contribution in [2.45, 2.75) is 6.04 Å². The monoisotopic (exact) mass is 225 g/mol. The van der Waals surface area contributed by atoms with Crippen molar-refractivity contribution < 1.29 is 13.5 Å². The van der Waals surface area contributed by atoms with E-state index in [1.807, 2.05) is 6.08 Å². The number of hydrogen-bond acceptors (Lipinski definition) is 2. The van der Waals surface area contributed by atoms with Crippen molar-refractivity contribution in [3.05, 3.63) is 41.5 Å². The Morgan fingerprint density at radius 1 is 1.31 bits per heavy atom. The summed E-state index contributed by atoms with van der Waals surface area (Å²) in [5.41, 5.74) is 0.645. The van der Waals surface area contributed by atoms with E-state index in [9.17, 15) is 8.78 Å². The maximum Gasteiger partial charge on any atom is 0.159 e. The Bertz CT molecular complexity index is 387. The molecule has 4 heteroatoms. The first-order chi connectivity index (χ1) is 7.75. The van der Waals surface area contributed by atoms with Gasteiger partial charge in [0, 0.05) is 12.6 Å². The van der Waals surface area contributed by atoms with Crippen molar-refractivity contribution in [3.63, 3.8) is 0 Å². The van der Waals surface area contributed by atoms with E-state index >= 15 is 0 Å². The van der Waals surface area contributed by atoms with Gasteiger partial charge in [-0.15, -0.1) is 0 Å². The topological polar surface area (TPSA) is 21.3 Å². The minimum absolute atomic E-state index is 0.141. The van der Waals surface area contributed by atoms with Crippen LogP contribution in [0.3, 0.4) is 0 Å². The number of ether oxygens (including phenoxy) is 1. The first kappa shape index (κ1) is 11.2. The summed E-state index contributed by atoms with van der Waals surface area (Å²) in [7, 11) is 0. The van der Waals surface area contributed by atoms with E-state index in [0.717, 1.165) is 19.2 Å². The van der Waals surface area contributed by atoms with E-state index in [2.05, 4.69) is 5.32 Å². The fourth-order valence-corrected chi connectivity index (χ4v) is 1.55. The van der Waals surface area contributed by atoms with Crippen LogP contribution in [-0.4, -0.2) is 25.8 Å². The second-order valence-corrected chi connectivity index (χ2v) is 3.67. The fourth-order valence-electron chi connectivity index (χ4n) is 1.55. The van der Waals surface area contributed by atoms with Crippen molar-refractivity contribution in [3.8, 4) is 0 Å². The lowest BCUT2D eigenvalue weighted by Crippen LogP contribution is -2.39. The van der Waals surface area contributed by atoms with E-state index in [1.165, 1.54) is 6.07 Å². The lowest BCUT2D eigenvalue weighted by Gasteiger charge is -2.20. The molecule has 1 aliphatic rings. The van der Waals surface area contributed by atoms with Gasteiger partial charge in [-0.25, -0.2) is 8.78 Å². The van der Waals surface area contributed by atoms with E-state index in [0.29, 0.717) is 12.2 Å². The summed E-state index contributed by atoms with van der Waals surface area (Å²) in [5.74, 6) is -1.65. The molecule has 0 amide bonds. The highest BCUT2D eigenvalue weighted by Crippen LogP contribution is 2.10. The van der Waals surface area contributed by atoms with Crippen LogP contribution in [0.2, 0.25) is 0 Å². The normalized spacial score (nSPS) is 21.5. The summed E-state index contributed by atoms with van der Waals surface area (Å²) in [6, 6.07) is 3.98. The van der Waals surface area contributed by atoms with Crippen molar-refractivity contribution in [2.24, 2.45) is 0 Å². The Hall–Kier alpha value is -1.26. The summed E-state index contributed by atoms with van der Waals surface area (Å²) in [6.45, 7) is 2.14. The third-order valence-electron chi connectivity index (χ3n) is 2.41.